The van der Waals surface area contributed by atoms with Crippen molar-refractivity contribution in [3.63, 3.8) is 0 Å². The number of aromatic nitrogens is 1. The first-order valence-electron chi connectivity index (χ1n) is 9.13. The van der Waals surface area contributed by atoms with Gasteiger partial charge in [0.1, 0.15) is 18.1 Å². The molecule has 2 rings (SSSR count). The molecule has 1 atom stereocenters. The van der Waals surface area contributed by atoms with Gasteiger partial charge in [-0.3, -0.25) is 4.99 Å². The number of nitrogens with one attached hydrogen (secondary N) is 2. The highest BCUT2D eigenvalue weighted by Gasteiger charge is 2.30. The minimum atomic E-state index is -4.42. The molecule has 0 radical (unpaired) electrons. The van der Waals surface area contributed by atoms with Gasteiger partial charge in [0, 0.05) is 24.9 Å². The number of halogens is 3. The Labute approximate surface area is 173 Å². The standard InChI is InChI=1S/C20H25F3N4O3/c1-13(16-11-15(28-3)6-7-17(16)29-4)27-19(24-2)25-9-10-30-18-8-5-14(12-26-18)20(21,22)23/h5-8,11-13H,9-10H2,1-4H3,(H2,24,25,27). The van der Waals surface area contributed by atoms with Crippen LogP contribution in [0.5, 0.6) is 17.4 Å². The molecular weight excluding hydrogens is 401 g/mol. The van der Waals surface area contributed by atoms with E-state index in [4.69, 9.17) is 14.2 Å². The van der Waals surface area contributed by atoms with Crippen LogP contribution in [0.2, 0.25) is 0 Å². The molecule has 1 aromatic carbocycles. The Kier molecular flexibility index (Phi) is 8.14. The van der Waals surface area contributed by atoms with E-state index in [1.165, 1.54) is 6.07 Å². The van der Waals surface area contributed by atoms with Gasteiger partial charge in [0.15, 0.2) is 5.96 Å². The number of hydrogen-bond donors (Lipinski definition) is 2. The second kappa shape index (κ2) is 10.6. The van der Waals surface area contributed by atoms with E-state index in [0.717, 1.165) is 17.8 Å². The minimum Gasteiger partial charge on any atom is -0.497 e. The zero-order chi connectivity index (χ0) is 22.1. The largest absolute Gasteiger partial charge is 0.497 e. The number of pyridine rings is 1. The Morgan fingerprint density at radius 1 is 1.17 bits per heavy atom. The number of guanidine groups is 1. The highest BCUT2D eigenvalue weighted by molar-refractivity contribution is 5.80. The SMILES string of the molecule is CN=C(NCCOc1ccc(C(F)(F)F)cn1)NC(C)c1cc(OC)ccc1OC. The lowest BCUT2D eigenvalue weighted by molar-refractivity contribution is -0.137. The number of aliphatic imine (C=N–C) groups is 1. The number of benzene rings is 1. The van der Waals surface area contributed by atoms with Crippen LogP contribution >= 0.6 is 0 Å². The summed E-state index contributed by atoms with van der Waals surface area (Å²) in [6, 6.07) is 7.50. The number of methoxy groups -OCH3 is 2. The van der Waals surface area contributed by atoms with Crippen molar-refractivity contribution in [2.75, 3.05) is 34.4 Å². The van der Waals surface area contributed by atoms with Crippen molar-refractivity contribution in [1.29, 1.82) is 0 Å². The van der Waals surface area contributed by atoms with Gasteiger partial charge < -0.3 is 24.8 Å². The molecule has 0 spiro atoms. The lowest BCUT2D eigenvalue weighted by Gasteiger charge is -2.21. The Hall–Kier alpha value is -3.17. The first kappa shape index (κ1) is 23.1. The fourth-order valence-corrected chi connectivity index (χ4v) is 2.61. The van der Waals surface area contributed by atoms with Gasteiger partial charge in [-0.15, -0.1) is 0 Å². The first-order valence-corrected chi connectivity index (χ1v) is 9.13. The molecule has 0 aliphatic carbocycles. The van der Waals surface area contributed by atoms with Crippen molar-refractivity contribution in [3.05, 3.63) is 47.7 Å². The van der Waals surface area contributed by atoms with Gasteiger partial charge in [0.2, 0.25) is 5.88 Å². The van der Waals surface area contributed by atoms with Gasteiger partial charge >= 0.3 is 6.18 Å². The maximum Gasteiger partial charge on any atom is 0.417 e. The molecule has 1 unspecified atom stereocenters. The minimum absolute atomic E-state index is 0.113. The van der Waals surface area contributed by atoms with Gasteiger partial charge in [0.05, 0.1) is 32.4 Å². The second-order valence-corrected chi connectivity index (χ2v) is 6.20. The van der Waals surface area contributed by atoms with Gasteiger partial charge in [-0.25, -0.2) is 4.98 Å². The summed E-state index contributed by atoms with van der Waals surface area (Å²) in [6.45, 7) is 2.51. The number of hydrogen-bond acceptors (Lipinski definition) is 5. The van der Waals surface area contributed by atoms with Crippen LogP contribution in [0.4, 0.5) is 13.2 Å². The van der Waals surface area contributed by atoms with Crippen molar-refractivity contribution in [1.82, 2.24) is 15.6 Å². The van der Waals surface area contributed by atoms with E-state index in [0.29, 0.717) is 24.0 Å². The molecule has 0 aliphatic rings. The van der Waals surface area contributed by atoms with Crippen molar-refractivity contribution in [2.45, 2.75) is 19.1 Å². The number of ether oxygens (including phenoxy) is 3. The summed E-state index contributed by atoms with van der Waals surface area (Å²) in [5.41, 5.74) is 0.0736. The lowest BCUT2D eigenvalue weighted by Crippen LogP contribution is -2.40. The van der Waals surface area contributed by atoms with E-state index in [1.54, 1.807) is 21.3 Å². The Bertz CT molecular complexity index is 842. The van der Waals surface area contributed by atoms with E-state index in [-0.39, 0.29) is 18.5 Å². The first-order chi connectivity index (χ1) is 14.3. The quantitative estimate of drug-likeness (QED) is 0.383. The average molecular weight is 426 g/mol. The van der Waals surface area contributed by atoms with Gasteiger partial charge in [-0.2, -0.15) is 13.2 Å². The highest BCUT2D eigenvalue weighted by Crippen LogP contribution is 2.30. The van der Waals surface area contributed by atoms with E-state index in [1.807, 2.05) is 25.1 Å². The van der Waals surface area contributed by atoms with E-state index in [9.17, 15) is 13.2 Å². The van der Waals surface area contributed by atoms with Crippen LogP contribution in [0.1, 0.15) is 24.1 Å². The van der Waals surface area contributed by atoms with E-state index in [2.05, 4.69) is 20.6 Å². The molecule has 0 saturated heterocycles. The molecule has 0 fully saturated rings. The number of rotatable bonds is 8. The summed E-state index contributed by atoms with van der Waals surface area (Å²) in [7, 11) is 4.82. The zero-order valence-electron chi connectivity index (χ0n) is 17.2. The van der Waals surface area contributed by atoms with Crippen LogP contribution in [0.25, 0.3) is 0 Å². The third-order valence-corrected chi connectivity index (χ3v) is 4.19. The molecule has 2 aromatic rings. The van der Waals surface area contributed by atoms with Crippen LogP contribution < -0.4 is 24.8 Å². The fraction of sp³-hybridized carbons (Fsp3) is 0.400. The fourth-order valence-electron chi connectivity index (χ4n) is 2.61. The number of alkyl halides is 3. The molecule has 0 amide bonds. The molecule has 7 nitrogen and oxygen atoms in total. The van der Waals surface area contributed by atoms with Crippen LogP contribution in [-0.4, -0.2) is 45.4 Å². The molecule has 30 heavy (non-hydrogen) atoms. The molecule has 164 valence electrons. The summed E-state index contributed by atoms with van der Waals surface area (Å²) in [5, 5.41) is 6.31. The number of nitrogens with zero attached hydrogens (tertiary/aromatic N) is 2. The topological polar surface area (TPSA) is 77.0 Å². The van der Waals surface area contributed by atoms with E-state index < -0.39 is 11.7 Å². The Balaban J connectivity index is 1.86. The van der Waals surface area contributed by atoms with E-state index >= 15 is 0 Å². The van der Waals surface area contributed by atoms with Crippen LogP contribution in [0, 0.1) is 0 Å². The van der Waals surface area contributed by atoms with Crippen LogP contribution in [0.3, 0.4) is 0 Å². The van der Waals surface area contributed by atoms with Crippen molar-refractivity contribution in [2.24, 2.45) is 4.99 Å². The molecule has 0 saturated carbocycles. The summed E-state index contributed by atoms with van der Waals surface area (Å²) in [4.78, 5) is 7.82. The average Bonchev–Trinajstić information content (AvgIpc) is 2.74. The van der Waals surface area contributed by atoms with Crippen LogP contribution in [-0.2, 0) is 6.18 Å². The smallest absolute Gasteiger partial charge is 0.417 e. The van der Waals surface area contributed by atoms with Crippen molar-refractivity contribution >= 4 is 5.96 Å². The molecule has 0 aliphatic heterocycles. The molecule has 0 bridgehead atoms. The second-order valence-electron chi connectivity index (χ2n) is 6.20. The van der Waals surface area contributed by atoms with Crippen molar-refractivity contribution < 1.29 is 27.4 Å². The van der Waals surface area contributed by atoms with Gasteiger partial charge in [0.25, 0.3) is 0 Å². The third kappa shape index (κ3) is 6.43. The molecule has 1 aromatic heterocycles. The zero-order valence-corrected chi connectivity index (χ0v) is 17.2. The van der Waals surface area contributed by atoms with Crippen LogP contribution in [0.15, 0.2) is 41.5 Å². The maximum atomic E-state index is 12.5. The van der Waals surface area contributed by atoms with Gasteiger partial charge in [-0.1, -0.05) is 0 Å². The third-order valence-electron chi connectivity index (χ3n) is 4.19. The predicted octanol–water partition coefficient (Wildman–Crippen LogP) is 3.42. The summed E-state index contributed by atoms with van der Waals surface area (Å²) >= 11 is 0. The molecule has 10 heteroatoms. The van der Waals surface area contributed by atoms with Crippen molar-refractivity contribution in [3.8, 4) is 17.4 Å². The molecule has 2 N–H and O–H groups in total. The molecule has 1 heterocycles. The normalized spacial score (nSPS) is 12.8. The Morgan fingerprint density at radius 2 is 1.93 bits per heavy atom. The highest BCUT2D eigenvalue weighted by atomic mass is 19.4. The lowest BCUT2D eigenvalue weighted by atomic mass is 10.1. The summed E-state index contributed by atoms with van der Waals surface area (Å²) in [5.74, 6) is 2.06. The Morgan fingerprint density at radius 3 is 2.50 bits per heavy atom. The van der Waals surface area contributed by atoms with Gasteiger partial charge in [-0.05, 0) is 31.2 Å². The summed E-state index contributed by atoms with van der Waals surface area (Å²) < 4.78 is 53.7. The monoisotopic (exact) mass is 426 g/mol. The molecular formula is C20H25F3N4O3. The maximum absolute atomic E-state index is 12.5. The summed E-state index contributed by atoms with van der Waals surface area (Å²) in [6.07, 6.45) is -3.68. The predicted molar refractivity (Wildman–Crippen MR) is 107 cm³/mol.